The predicted octanol–water partition coefficient (Wildman–Crippen LogP) is 3.02. The molecule has 96 valence electrons. The second kappa shape index (κ2) is 5.49. The van der Waals surface area contributed by atoms with Gasteiger partial charge in [-0.05, 0) is 33.6 Å². The minimum absolute atomic E-state index is 0.378. The number of thiazole rings is 1. The number of aryl methyl sites for hydroxylation is 1. The lowest BCUT2D eigenvalue weighted by molar-refractivity contribution is 0.00626. The van der Waals surface area contributed by atoms with Gasteiger partial charge in [-0.1, -0.05) is 13.3 Å². The van der Waals surface area contributed by atoms with Crippen LogP contribution in [0.3, 0.4) is 0 Å². The van der Waals surface area contributed by atoms with Gasteiger partial charge in [-0.25, -0.2) is 9.78 Å². The molecule has 2 N–H and O–H groups in total. The number of hydrogen-bond donors (Lipinski definition) is 1. The molecule has 1 rings (SSSR count). The number of nitrogens with zero attached hydrogens (tertiary/aromatic N) is 1. The van der Waals surface area contributed by atoms with Crippen LogP contribution in [0, 0.1) is 0 Å². The molecule has 0 amide bonds. The topological polar surface area (TPSA) is 65.2 Å². The molecule has 0 aliphatic carbocycles. The van der Waals surface area contributed by atoms with E-state index in [0.29, 0.717) is 10.8 Å². The predicted molar refractivity (Wildman–Crippen MR) is 70.3 cm³/mol. The highest BCUT2D eigenvalue weighted by Gasteiger charge is 2.23. The van der Waals surface area contributed by atoms with Gasteiger partial charge >= 0.3 is 5.97 Å². The van der Waals surface area contributed by atoms with E-state index in [0.717, 1.165) is 24.1 Å². The highest BCUT2D eigenvalue weighted by molar-refractivity contribution is 7.15. The van der Waals surface area contributed by atoms with E-state index in [1.807, 2.05) is 20.8 Å². The van der Waals surface area contributed by atoms with Gasteiger partial charge in [-0.15, -0.1) is 11.3 Å². The highest BCUT2D eigenvalue weighted by Crippen LogP contribution is 2.24. The average Bonchev–Trinajstić information content (AvgIpc) is 2.54. The summed E-state index contributed by atoms with van der Waals surface area (Å²) < 4.78 is 5.31. The molecule has 1 aromatic rings. The third-order valence-electron chi connectivity index (χ3n) is 2.06. The van der Waals surface area contributed by atoms with Crippen molar-refractivity contribution in [3.8, 4) is 0 Å². The first-order valence-electron chi connectivity index (χ1n) is 5.82. The Balaban J connectivity index is 2.85. The van der Waals surface area contributed by atoms with Crippen molar-refractivity contribution in [2.24, 2.45) is 0 Å². The maximum Gasteiger partial charge on any atom is 0.358 e. The third kappa shape index (κ3) is 4.34. The monoisotopic (exact) mass is 256 g/mol. The summed E-state index contributed by atoms with van der Waals surface area (Å²) in [7, 11) is 0. The first-order valence-corrected chi connectivity index (χ1v) is 6.63. The van der Waals surface area contributed by atoms with Crippen molar-refractivity contribution in [3.05, 3.63) is 10.6 Å². The molecule has 0 spiro atoms. The lowest BCUT2D eigenvalue weighted by atomic mass is 10.2. The van der Waals surface area contributed by atoms with Crippen LogP contribution in [0.15, 0.2) is 0 Å². The number of nitrogens with two attached hydrogens (primary N) is 1. The van der Waals surface area contributed by atoms with Crippen molar-refractivity contribution in [2.45, 2.75) is 52.6 Å². The van der Waals surface area contributed by atoms with Crippen molar-refractivity contribution in [1.82, 2.24) is 4.98 Å². The fourth-order valence-electron chi connectivity index (χ4n) is 1.36. The van der Waals surface area contributed by atoms with Crippen LogP contribution >= 0.6 is 11.3 Å². The molecule has 0 bridgehead atoms. The van der Waals surface area contributed by atoms with Crippen molar-refractivity contribution in [2.75, 3.05) is 5.73 Å². The lowest BCUT2D eigenvalue weighted by Crippen LogP contribution is -2.24. The number of ether oxygens (including phenoxy) is 1. The lowest BCUT2D eigenvalue weighted by Gasteiger charge is -2.18. The first-order chi connectivity index (χ1) is 7.83. The van der Waals surface area contributed by atoms with E-state index >= 15 is 0 Å². The molecule has 1 aromatic heterocycles. The van der Waals surface area contributed by atoms with E-state index in [9.17, 15) is 4.79 Å². The van der Waals surface area contributed by atoms with Gasteiger partial charge in [-0.3, -0.25) is 0 Å². The van der Waals surface area contributed by atoms with E-state index in [4.69, 9.17) is 10.5 Å². The fourth-order valence-corrected chi connectivity index (χ4v) is 2.22. The van der Waals surface area contributed by atoms with Gasteiger partial charge in [-0.2, -0.15) is 0 Å². The van der Waals surface area contributed by atoms with Crippen molar-refractivity contribution >= 4 is 22.4 Å². The second-order valence-corrected chi connectivity index (χ2v) is 6.04. The van der Waals surface area contributed by atoms with E-state index in [1.54, 1.807) is 0 Å². The van der Waals surface area contributed by atoms with Gasteiger partial charge < -0.3 is 10.5 Å². The summed E-state index contributed by atoms with van der Waals surface area (Å²) in [6, 6.07) is 0. The number of anilines is 1. The molecule has 0 aliphatic rings. The van der Waals surface area contributed by atoms with Crippen LogP contribution in [-0.4, -0.2) is 16.6 Å². The average molecular weight is 256 g/mol. The number of aromatic nitrogens is 1. The van der Waals surface area contributed by atoms with Crippen LogP contribution in [-0.2, 0) is 11.2 Å². The zero-order valence-electron chi connectivity index (χ0n) is 10.9. The van der Waals surface area contributed by atoms with E-state index in [-0.39, 0.29) is 5.97 Å². The molecular formula is C12H20N2O2S. The normalized spacial score (nSPS) is 11.5. The molecule has 0 atom stereocenters. The number of esters is 1. The molecule has 5 heteroatoms. The number of carbonyl (C=O) groups excluding carboxylic acids is 1. The summed E-state index contributed by atoms with van der Waals surface area (Å²) in [6.07, 6.45) is 2.93. The van der Waals surface area contributed by atoms with Gasteiger partial charge in [0.1, 0.15) is 5.60 Å². The first kappa shape index (κ1) is 14.0. The molecule has 0 radical (unpaired) electrons. The van der Waals surface area contributed by atoms with Crippen LogP contribution in [0.4, 0.5) is 5.13 Å². The van der Waals surface area contributed by atoms with E-state index in [1.165, 1.54) is 11.3 Å². The summed E-state index contributed by atoms with van der Waals surface area (Å²) >= 11 is 1.37. The fraction of sp³-hybridized carbons (Fsp3) is 0.667. The minimum atomic E-state index is -0.502. The smallest absolute Gasteiger partial charge is 0.358 e. The Morgan fingerprint density at radius 2 is 2.12 bits per heavy atom. The molecule has 0 fully saturated rings. The Labute approximate surface area is 106 Å². The number of carbonyl (C=O) groups is 1. The highest BCUT2D eigenvalue weighted by atomic mass is 32.1. The Kier molecular flexibility index (Phi) is 4.51. The second-order valence-electron chi connectivity index (χ2n) is 4.93. The molecule has 0 saturated carbocycles. The van der Waals surface area contributed by atoms with Crippen LogP contribution in [0.25, 0.3) is 0 Å². The third-order valence-corrected chi connectivity index (χ3v) is 3.01. The Morgan fingerprint density at radius 3 is 2.65 bits per heavy atom. The van der Waals surface area contributed by atoms with Crippen LogP contribution in [0.2, 0.25) is 0 Å². The Hall–Kier alpha value is -1.10. The van der Waals surface area contributed by atoms with Gasteiger partial charge in [0, 0.05) is 4.88 Å². The van der Waals surface area contributed by atoms with Crippen molar-refractivity contribution in [1.29, 1.82) is 0 Å². The minimum Gasteiger partial charge on any atom is -0.455 e. The molecule has 1 heterocycles. The number of rotatable bonds is 4. The molecule has 0 aliphatic heterocycles. The summed E-state index contributed by atoms with van der Waals surface area (Å²) in [5, 5.41) is 0.428. The van der Waals surface area contributed by atoms with Gasteiger partial charge in [0.2, 0.25) is 0 Å². The molecule has 4 nitrogen and oxygen atoms in total. The van der Waals surface area contributed by atoms with E-state index in [2.05, 4.69) is 11.9 Å². The summed E-state index contributed by atoms with van der Waals surface area (Å²) in [6.45, 7) is 7.63. The molecule has 0 unspecified atom stereocenters. The molecule has 0 saturated heterocycles. The maximum atomic E-state index is 11.9. The number of nitrogen functional groups attached to an aromatic ring is 1. The molecule has 0 aromatic carbocycles. The van der Waals surface area contributed by atoms with Crippen molar-refractivity contribution < 1.29 is 9.53 Å². The Bertz CT molecular complexity index is 394. The van der Waals surface area contributed by atoms with Crippen LogP contribution in [0.1, 0.15) is 55.9 Å². The van der Waals surface area contributed by atoms with Crippen LogP contribution < -0.4 is 5.73 Å². The summed E-state index contributed by atoms with van der Waals surface area (Å²) in [4.78, 5) is 16.9. The van der Waals surface area contributed by atoms with Crippen molar-refractivity contribution in [3.63, 3.8) is 0 Å². The zero-order valence-corrected chi connectivity index (χ0v) is 11.7. The summed E-state index contributed by atoms with van der Waals surface area (Å²) in [5.41, 5.74) is 5.53. The largest absolute Gasteiger partial charge is 0.455 e. The van der Waals surface area contributed by atoms with E-state index < -0.39 is 5.60 Å². The van der Waals surface area contributed by atoms with Gasteiger partial charge in [0.25, 0.3) is 0 Å². The quantitative estimate of drug-likeness (QED) is 0.841. The zero-order chi connectivity index (χ0) is 13.1. The maximum absolute atomic E-state index is 11.9. The standard InChI is InChI=1S/C12H20N2O2S/c1-5-6-7-8-9(14-11(13)17-8)10(15)16-12(2,3)4/h5-7H2,1-4H3,(H2,13,14). The van der Waals surface area contributed by atoms with Gasteiger partial charge in [0.05, 0.1) is 0 Å². The summed E-state index contributed by atoms with van der Waals surface area (Å²) in [5.74, 6) is -0.378. The molecule has 17 heavy (non-hydrogen) atoms. The molecular weight excluding hydrogens is 236 g/mol. The SMILES string of the molecule is CCCCc1sc(N)nc1C(=O)OC(C)(C)C. The van der Waals surface area contributed by atoms with Gasteiger partial charge in [0.15, 0.2) is 10.8 Å². The Morgan fingerprint density at radius 1 is 1.47 bits per heavy atom. The number of hydrogen-bond acceptors (Lipinski definition) is 5. The number of unbranched alkanes of at least 4 members (excludes halogenated alkanes) is 1. The van der Waals surface area contributed by atoms with Crippen LogP contribution in [0.5, 0.6) is 0 Å².